The number of rotatable bonds is 5. The summed E-state index contributed by atoms with van der Waals surface area (Å²) in [5, 5.41) is 2.79. The van der Waals surface area contributed by atoms with Crippen LogP contribution in [0.2, 0.25) is 0 Å². The molecule has 9 nitrogen and oxygen atoms in total. The number of carbonyl (C=O) groups is 1. The molecular weight excluding hydrogens is 320 g/mol. The van der Waals surface area contributed by atoms with E-state index in [-0.39, 0.29) is 18.1 Å². The van der Waals surface area contributed by atoms with Gasteiger partial charge in [-0.3, -0.25) is 9.78 Å². The average molecular weight is 342 g/mol. The molecule has 2 aromatic heterocycles. The van der Waals surface area contributed by atoms with E-state index in [0.717, 1.165) is 31.6 Å². The second-order valence-electron chi connectivity index (χ2n) is 6.17. The van der Waals surface area contributed by atoms with E-state index < -0.39 is 0 Å². The lowest BCUT2D eigenvalue weighted by atomic mass is 10.4. The summed E-state index contributed by atoms with van der Waals surface area (Å²) in [5.74, 6) is 1.46. The highest BCUT2D eigenvalue weighted by Gasteiger charge is 2.18. The highest BCUT2D eigenvalue weighted by molar-refractivity contribution is 5.91. The van der Waals surface area contributed by atoms with Crippen molar-refractivity contribution in [1.29, 1.82) is 0 Å². The lowest BCUT2D eigenvalue weighted by molar-refractivity contribution is 0.0944. The molecule has 1 aliphatic heterocycles. The van der Waals surface area contributed by atoms with Crippen LogP contribution in [-0.4, -0.2) is 58.0 Å². The molecule has 0 radical (unpaired) electrons. The Morgan fingerprint density at radius 3 is 2.56 bits per heavy atom. The van der Waals surface area contributed by atoms with Gasteiger partial charge in [0.15, 0.2) is 5.82 Å². The molecular formula is C16H22N8O. The quantitative estimate of drug-likeness (QED) is 0.841. The first-order valence-electron chi connectivity index (χ1n) is 8.27. The normalized spacial score (nSPS) is 13.8. The molecule has 0 unspecified atom stereocenters. The van der Waals surface area contributed by atoms with E-state index in [1.54, 1.807) is 6.20 Å². The number of hydrogen-bond donors (Lipinski definition) is 1. The molecule has 9 heteroatoms. The molecule has 1 aliphatic rings. The Bertz CT molecular complexity index is 740. The SMILES string of the molecule is Cc1cnc(C(=O)NCc2nc(N(C)C)nc(N3CCCC3)n2)cn1. The van der Waals surface area contributed by atoms with Crippen molar-refractivity contribution >= 4 is 17.8 Å². The maximum absolute atomic E-state index is 12.2. The zero-order valence-electron chi connectivity index (χ0n) is 14.7. The fraction of sp³-hybridized carbons (Fsp3) is 0.500. The standard InChI is InChI=1S/C16H22N8O/c1-11-8-18-12(9-17-11)14(25)19-10-13-20-15(23(2)3)22-16(21-13)24-6-4-5-7-24/h8-9H,4-7,10H2,1-3H3,(H,19,25). The van der Waals surface area contributed by atoms with Crippen LogP contribution in [0, 0.1) is 6.92 Å². The summed E-state index contributed by atoms with van der Waals surface area (Å²) in [6.07, 6.45) is 5.30. The highest BCUT2D eigenvalue weighted by Crippen LogP contribution is 2.17. The smallest absolute Gasteiger partial charge is 0.271 e. The summed E-state index contributed by atoms with van der Waals surface area (Å²) >= 11 is 0. The maximum Gasteiger partial charge on any atom is 0.271 e. The summed E-state index contributed by atoms with van der Waals surface area (Å²) in [7, 11) is 3.76. The summed E-state index contributed by atoms with van der Waals surface area (Å²) in [6, 6.07) is 0. The minimum Gasteiger partial charge on any atom is -0.347 e. The molecule has 0 spiro atoms. The fourth-order valence-electron chi connectivity index (χ4n) is 2.49. The molecule has 1 fully saturated rings. The second-order valence-corrected chi connectivity index (χ2v) is 6.17. The van der Waals surface area contributed by atoms with Crippen molar-refractivity contribution in [1.82, 2.24) is 30.2 Å². The molecule has 0 bridgehead atoms. The third-order valence-corrected chi connectivity index (χ3v) is 3.87. The summed E-state index contributed by atoms with van der Waals surface area (Å²) in [4.78, 5) is 37.7. The molecule has 132 valence electrons. The number of aryl methyl sites for hydroxylation is 1. The molecule has 3 rings (SSSR count). The molecule has 0 saturated carbocycles. The van der Waals surface area contributed by atoms with Crippen molar-refractivity contribution in [3.63, 3.8) is 0 Å². The van der Waals surface area contributed by atoms with Crippen LogP contribution in [-0.2, 0) is 6.54 Å². The Labute approximate surface area is 146 Å². The van der Waals surface area contributed by atoms with Crippen LogP contribution < -0.4 is 15.1 Å². The van der Waals surface area contributed by atoms with Crippen LogP contribution in [0.25, 0.3) is 0 Å². The topological polar surface area (TPSA) is 100 Å². The van der Waals surface area contributed by atoms with E-state index in [1.807, 2.05) is 25.9 Å². The van der Waals surface area contributed by atoms with E-state index in [4.69, 9.17) is 0 Å². The molecule has 1 N–H and O–H groups in total. The van der Waals surface area contributed by atoms with Gasteiger partial charge in [-0.15, -0.1) is 0 Å². The van der Waals surface area contributed by atoms with E-state index in [2.05, 4.69) is 35.1 Å². The van der Waals surface area contributed by atoms with Gasteiger partial charge in [-0.25, -0.2) is 4.98 Å². The highest BCUT2D eigenvalue weighted by atomic mass is 16.1. The Morgan fingerprint density at radius 2 is 1.92 bits per heavy atom. The first-order chi connectivity index (χ1) is 12.0. The van der Waals surface area contributed by atoms with Gasteiger partial charge in [0.25, 0.3) is 5.91 Å². The first kappa shape index (κ1) is 17.0. The van der Waals surface area contributed by atoms with Gasteiger partial charge in [-0.1, -0.05) is 0 Å². The molecule has 1 amide bonds. The van der Waals surface area contributed by atoms with Crippen LogP contribution in [0.1, 0.15) is 34.8 Å². The van der Waals surface area contributed by atoms with Crippen molar-refractivity contribution in [2.75, 3.05) is 37.0 Å². The minimum absolute atomic E-state index is 0.207. The van der Waals surface area contributed by atoms with Gasteiger partial charge in [0, 0.05) is 33.4 Å². The Morgan fingerprint density at radius 1 is 1.16 bits per heavy atom. The largest absolute Gasteiger partial charge is 0.347 e. The Kier molecular flexibility index (Phi) is 5.01. The van der Waals surface area contributed by atoms with Crippen LogP contribution >= 0.6 is 0 Å². The van der Waals surface area contributed by atoms with Crippen molar-refractivity contribution in [3.8, 4) is 0 Å². The number of amides is 1. The van der Waals surface area contributed by atoms with Crippen molar-refractivity contribution in [2.24, 2.45) is 0 Å². The Hall–Kier alpha value is -2.84. The zero-order chi connectivity index (χ0) is 17.8. The third-order valence-electron chi connectivity index (χ3n) is 3.87. The molecule has 1 saturated heterocycles. The minimum atomic E-state index is -0.304. The van der Waals surface area contributed by atoms with Gasteiger partial charge in [-0.05, 0) is 19.8 Å². The van der Waals surface area contributed by atoms with E-state index >= 15 is 0 Å². The van der Waals surface area contributed by atoms with Crippen LogP contribution in [0.15, 0.2) is 12.4 Å². The Balaban J connectivity index is 1.74. The number of nitrogens with one attached hydrogen (secondary N) is 1. The van der Waals surface area contributed by atoms with Crippen LogP contribution in [0.4, 0.5) is 11.9 Å². The fourth-order valence-corrected chi connectivity index (χ4v) is 2.49. The number of hydrogen-bond acceptors (Lipinski definition) is 8. The molecule has 0 aliphatic carbocycles. The number of nitrogens with zero attached hydrogens (tertiary/aromatic N) is 7. The van der Waals surface area contributed by atoms with Crippen molar-refractivity contribution in [3.05, 3.63) is 29.6 Å². The van der Waals surface area contributed by atoms with Gasteiger partial charge in [-0.2, -0.15) is 15.0 Å². The predicted molar refractivity (Wildman–Crippen MR) is 93.5 cm³/mol. The van der Waals surface area contributed by atoms with Gasteiger partial charge < -0.3 is 15.1 Å². The number of carbonyl (C=O) groups excluding carboxylic acids is 1. The monoisotopic (exact) mass is 342 g/mol. The molecule has 0 atom stereocenters. The number of aromatic nitrogens is 5. The van der Waals surface area contributed by atoms with E-state index in [1.165, 1.54) is 6.20 Å². The van der Waals surface area contributed by atoms with Gasteiger partial charge >= 0.3 is 0 Å². The van der Waals surface area contributed by atoms with Crippen LogP contribution in [0.3, 0.4) is 0 Å². The van der Waals surface area contributed by atoms with Crippen molar-refractivity contribution < 1.29 is 4.79 Å². The van der Waals surface area contributed by atoms with Crippen LogP contribution in [0.5, 0.6) is 0 Å². The van der Waals surface area contributed by atoms with E-state index in [9.17, 15) is 4.79 Å². The summed E-state index contributed by atoms with van der Waals surface area (Å²) in [5.41, 5.74) is 1.03. The predicted octanol–water partition coefficient (Wildman–Crippen LogP) is 0.566. The first-order valence-corrected chi connectivity index (χ1v) is 8.27. The second kappa shape index (κ2) is 7.37. The van der Waals surface area contributed by atoms with Gasteiger partial charge in [0.2, 0.25) is 11.9 Å². The van der Waals surface area contributed by atoms with Gasteiger partial charge in [0.05, 0.1) is 18.4 Å². The van der Waals surface area contributed by atoms with Crippen molar-refractivity contribution in [2.45, 2.75) is 26.3 Å². The van der Waals surface area contributed by atoms with Gasteiger partial charge in [0.1, 0.15) is 5.69 Å². The molecule has 3 heterocycles. The zero-order valence-corrected chi connectivity index (χ0v) is 14.7. The lowest BCUT2D eigenvalue weighted by Gasteiger charge is -2.18. The summed E-state index contributed by atoms with van der Waals surface area (Å²) in [6.45, 7) is 3.92. The van der Waals surface area contributed by atoms with E-state index in [0.29, 0.717) is 17.7 Å². The summed E-state index contributed by atoms with van der Waals surface area (Å²) < 4.78 is 0. The number of anilines is 2. The third kappa shape index (κ3) is 4.17. The molecule has 25 heavy (non-hydrogen) atoms. The molecule has 2 aromatic rings. The average Bonchev–Trinajstić information content (AvgIpc) is 3.14. The maximum atomic E-state index is 12.2. The lowest BCUT2D eigenvalue weighted by Crippen LogP contribution is -2.28. The molecule has 0 aromatic carbocycles.